The Labute approximate surface area is 131 Å². The lowest BCUT2D eigenvalue weighted by Gasteiger charge is -2.23. The Morgan fingerprint density at radius 3 is 2.71 bits per heavy atom. The number of aliphatic imine (C=N–C) groups is 1. The summed E-state index contributed by atoms with van der Waals surface area (Å²) in [6.07, 6.45) is 4.93. The van der Waals surface area contributed by atoms with Crippen molar-refractivity contribution in [2.75, 3.05) is 67.0 Å². The van der Waals surface area contributed by atoms with Crippen molar-refractivity contribution in [2.24, 2.45) is 4.99 Å². The molecular weight excluding hydrogens is 262 g/mol. The number of nitrogens with one attached hydrogen (secondary N) is 1. The van der Waals surface area contributed by atoms with Gasteiger partial charge < -0.3 is 20.0 Å². The van der Waals surface area contributed by atoms with Gasteiger partial charge in [-0.05, 0) is 45.9 Å². The van der Waals surface area contributed by atoms with E-state index in [1.165, 1.54) is 58.4 Å². The summed E-state index contributed by atoms with van der Waals surface area (Å²) in [5.41, 5.74) is 0. The summed E-state index contributed by atoms with van der Waals surface area (Å²) in [7, 11) is 6.21. The summed E-state index contributed by atoms with van der Waals surface area (Å²) in [4.78, 5) is 11.6. The monoisotopic (exact) mass is 297 g/mol. The van der Waals surface area contributed by atoms with Gasteiger partial charge in [0.15, 0.2) is 5.96 Å². The zero-order valence-electron chi connectivity index (χ0n) is 14.6. The van der Waals surface area contributed by atoms with Crippen molar-refractivity contribution < 1.29 is 0 Å². The second-order valence-corrected chi connectivity index (χ2v) is 6.10. The number of unbranched alkanes of at least 4 members (excludes halogenated alkanes) is 1. The summed E-state index contributed by atoms with van der Waals surface area (Å²) in [5.74, 6) is 1.03. The van der Waals surface area contributed by atoms with Gasteiger partial charge in [0.05, 0.1) is 0 Å². The molecule has 1 saturated heterocycles. The fourth-order valence-electron chi connectivity index (χ4n) is 2.71. The molecule has 1 aliphatic heterocycles. The zero-order valence-corrected chi connectivity index (χ0v) is 14.6. The number of likely N-dealkylation sites (N-methyl/N-ethyl adjacent to an activating group) is 1. The Bertz CT molecular complexity index is 292. The van der Waals surface area contributed by atoms with E-state index >= 15 is 0 Å². The first-order valence-corrected chi connectivity index (χ1v) is 8.50. The summed E-state index contributed by atoms with van der Waals surface area (Å²) >= 11 is 0. The van der Waals surface area contributed by atoms with E-state index in [-0.39, 0.29) is 0 Å². The molecule has 0 radical (unpaired) electrons. The molecule has 0 aromatic heterocycles. The molecule has 1 fully saturated rings. The van der Waals surface area contributed by atoms with Crippen LogP contribution in [0.15, 0.2) is 4.99 Å². The van der Waals surface area contributed by atoms with Gasteiger partial charge in [-0.25, -0.2) is 0 Å². The van der Waals surface area contributed by atoms with E-state index in [1.54, 1.807) is 0 Å². The number of nitrogens with zero attached hydrogens (tertiary/aromatic N) is 4. The predicted octanol–water partition coefficient (Wildman–Crippen LogP) is 1.32. The van der Waals surface area contributed by atoms with E-state index in [9.17, 15) is 0 Å². The summed E-state index contributed by atoms with van der Waals surface area (Å²) in [6.45, 7) is 10.4. The van der Waals surface area contributed by atoms with Crippen LogP contribution in [0.25, 0.3) is 0 Å². The van der Waals surface area contributed by atoms with Crippen molar-refractivity contribution in [1.82, 2.24) is 20.0 Å². The van der Waals surface area contributed by atoms with E-state index in [0.717, 1.165) is 19.0 Å². The van der Waals surface area contributed by atoms with E-state index < -0.39 is 0 Å². The van der Waals surface area contributed by atoms with E-state index in [0.29, 0.717) is 0 Å². The molecule has 21 heavy (non-hydrogen) atoms. The lowest BCUT2D eigenvalue weighted by molar-refractivity contribution is 0.273. The second kappa shape index (κ2) is 10.9. The largest absolute Gasteiger partial charge is 0.356 e. The average molecular weight is 297 g/mol. The normalized spacial score (nSPS) is 18.6. The molecule has 0 saturated carbocycles. The van der Waals surface area contributed by atoms with Crippen LogP contribution in [0.2, 0.25) is 0 Å². The third-order valence-electron chi connectivity index (χ3n) is 4.17. The maximum absolute atomic E-state index is 4.36. The zero-order chi connectivity index (χ0) is 15.5. The molecular formula is C16H35N5. The Morgan fingerprint density at radius 1 is 1.19 bits per heavy atom. The van der Waals surface area contributed by atoms with Gasteiger partial charge in [-0.2, -0.15) is 0 Å². The number of rotatable bonds is 7. The standard InChI is InChI=1S/C16H35N5/c1-5-6-11-20(4)16(17-2)18-9-7-12-21-13-8-10-19(3)14-15-21/h5-15H2,1-4H3,(H,17,18). The molecule has 1 heterocycles. The number of hydrogen-bond donors (Lipinski definition) is 1. The smallest absolute Gasteiger partial charge is 0.193 e. The minimum absolute atomic E-state index is 1.01. The molecule has 0 amide bonds. The number of hydrogen-bond acceptors (Lipinski definition) is 3. The maximum Gasteiger partial charge on any atom is 0.193 e. The van der Waals surface area contributed by atoms with Gasteiger partial charge >= 0.3 is 0 Å². The Hall–Kier alpha value is -0.810. The van der Waals surface area contributed by atoms with Crippen molar-refractivity contribution in [2.45, 2.75) is 32.6 Å². The summed E-state index contributed by atoms with van der Waals surface area (Å²) < 4.78 is 0. The van der Waals surface area contributed by atoms with Gasteiger partial charge in [-0.1, -0.05) is 13.3 Å². The average Bonchev–Trinajstić information content (AvgIpc) is 2.69. The van der Waals surface area contributed by atoms with Crippen LogP contribution in [-0.4, -0.2) is 87.6 Å². The molecule has 0 atom stereocenters. The highest BCUT2D eigenvalue weighted by Gasteiger charge is 2.11. The van der Waals surface area contributed by atoms with Crippen LogP contribution < -0.4 is 5.32 Å². The lowest BCUT2D eigenvalue weighted by Crippen LogP contribution is -2.40. The Morgan fingerprint density at radius 2 is 2.00 bits per heavy atom. The molecule has 124 valence electrons. The highest BCUT2D eigenvalue weighted by atomic mass is 15.3. The third-order valence-corrected chi connectivity index (χ3v) is 4.17. The van der Waals surface area contributed by atoms with Gasteiger partial charge in [-0.15, -0.1) is 0 Å². The van der Waals surface area contributed by atoms with Crippen LogP contribution in [0.4, 0.5) is 0 Å². The minimum Gasteiger partial charge on any atom is -0.356 e. The molecule has 1 rings (SSSR count). The topological polar surface area (TPSA) is 34.1 Å². The van der Waals surface area contributed by atoms with Gasteiger partial charge in [0.25, 0.3) is 0 Å². The number of guanidine groups is 1. The minimum atomic E-state index is 1.01. The van der Waals surface area contributed by atoms with Gasteiger partial charge in [0.1, 0.15) is 0 Å². The molecule has 5 heteroatoms. The fourth-order valence-corrected chi connectivity index (χ4v) is 2.71. The van der Waals surface area contributed by atoms with Gasteiger partial charge in [-0.3, -0.25) is 4.99 Å². The SMILES string of the molecule is CCCCN(C)C(=NC)NCCCN1CCCN(C)CC1. The molecule has 0 aliphatic carbocycles. The highest BCUT2D eigenvalue weighted by Crippen LogP contribution is 2.01. The lowest BCUT2D eigenvalue weighted by atomic mass is 10.3. The first-order valence-electron chi connectivity index (χ1n) is 8.50. The molecule has 0 bridgehead atoms. The Kier molecular flexibility index (Phi) is 9.42. The van der Waals surface area contributed by atoms with Gasteiger partial charge in [0, 0.05) is 40.3 Å². The van der Waals surface area contributed by atoms with Crippen LogP contribution in [0, 0.1) is 0 Å². The van der Waals surface area contributed by atoms with Crippen LogP contribution >= 0.6 is 0 Å². The third kappa shape index (κ3) is 7.67. The fraction of sp³-hybridized carbons (Fsp3) is 0.938. The molecule has 0 spiro atoms. The van der Waals surface area contributed by atoms with Gasteiger partial charge in [0.2, 0.25) is 0 Å². The molecule has 0 aromatic rings. The first kappa shape index (κ1) is 18.2. The van der Waals surface area contributed by atoms with Crippen LogP contribution in [0.3, 0.4) is 0 Å². The molecule has 1 aliphatic rings. The summed E-state index contributed by atoms with van der Waals surface area (Å²) in [5, 5.41) is 3.48. The van der Waals surface area contributed by atoms with Crippen LogP contribution in [0.1, 0.15) is 32.6 Å². The molecule has 0 aromatic carbocycles. The summed E-state index contributed by atoms with van der Waals surface area (Å²) in [6, 6.07) is 0. The van der Waals surface area contributed by atoms with Crippen molar-refractivity contribution in [3.05, 3.63) is 0 Å². The van der Waals surface area contributed by atoms with Crippen molar-refractivity contribution in [1.29, 1.82) is 0 Å². The van der Waals surface area contributed by atoms with E-state index in [1.807, 2.05) is 7.05 Å². The molecule has 1 N–H and O–H groups in total. The maximum atomic E-state index is 4.36. The second-order valence-electron chi connectivity index (χ2n) is 6.10. The quantitative estimate of drug-likeness (QED) is 0.437. The molecule has 5 nitrogen and oxygen atoms in total. The van der Waals surface area contributed by atoms with Crippen molar-refractivity contribution in [3.8, 4) is 0 Å². The predicted molar refractivity (Wildman–Crippen MR) is 92.1 cm³/mol. The first-order chi connectivity index (χ1) is 10.2. The van der Waals surface area contributed by atoms with Crippen LogP contribution in [-0.2, 0) is 0 Å². The van der Waals surface area contributed by atoms with Crippen molar-refractivity contribution in [3.63, 3.8) is 0 Å². The molecule has 0 unspecified atom stereocenters. The van der Waals surface area contributed by atoms with Crippen LogP contribution in [0.5, 0.6) is 0 Å². The Balaban J connectivity index is 2.16. The van der Waals surface area contributed by atoms with E-state index in [2.05, 4.69) is 46.0 Å². The highest BCUT2D eigenvalue weighted by molar-refractivity contribution is 5.79. The van der Waals surface area contributed by atoms with Crippen molar-refractivity contribution >= 4 is 5.96 Å². The van der Waals surface area contributed by atoms with E-state index in [4.69, 9.17) is 0 Å².